The minimum atomic E-state index is 0.271. The van der Waals surface area contributed by atoms with Crippen molar-refractivity contribution in [3.8, 4) is 0 Å². The van der Waals surface area contributed by atoms with E-state index in [0.717, 1.165) is 32.5 Å². The Kier molecular flexibility index (Phi) is 6.17. The van der Waals surface area contributed by atoms with Crippen LogP contribution in [0.1, 0.15) is 58.3 Å². The van der Waals surface area contributed by atoms with Crippen LogP contribution in [0.2, 0.25) is 0 Å². The predicted octanol–water partition coefficient (Wildman–Crippen LogP) is 2.44. The molecule has 0 radical (unpaired) electrons. The maximum absolute atomic E-state index is 11.9. The number of nitrogens with zero attached hydrogens (tertiary/aromatic N) is 2. The summed E-state index contributed by atoms with van der Waals surface area (Å²) in [5.74, 6) is 0.310. The number of piperidine rings is 1. The Balaban J connectivity index is 1.58. The van der Waals surface area contributed by atoms with Gasteiger partial charge in [-0.2, -0.15) is 0 Å². The first-order chi connectivity index (χ1) is 11.7. The molecular formula is C19H34N2O3. The molecule has 1 aliphatic carbocycles. The molecule has 24 heavy (non-hydrogen) atoms. The van der Waals surface area contributed by atoms with Crippen LogP contribution in [0.25, 0.3) is 0 Å². The van der Waals surface area contributed by atoms with Crippen LogP contribution in [0.3, 0.4) is 0 Å². The van der Waals surface area contributed by atoms with E-state index < -0.39 is 0 Å². The van der Waals surface area contributed by atoms with Crippen molar-refractivity contribution in [3.63, 3.8) is 0 Å². The Bertz CT molecular complexity index is 415. The fraction of sp³-hybridized carbons (Fsp3) is 0.947. The van der Waals surface area contributed by atoms with Crippen LogP contribution in [0, 0.1) is 0 Å². The van der Waals surface area contributed by atoms with Crippen LogP contribution in [0.4, 0.5) is 0 Å². The van der Waals surface area contributed by atoms with E-state index in [9.17, 15) is 4.79 Å². The SMILES string of the molecule is CCC(=O)N1CCC(N2CC(OCCOC)C23CCCCC3)CC1. The quantitative estimate of drug-likeness (QED) is 0.698. The van der Waals surface area contributed by atoms with Gasteiger partial charge in [-0.05, 0) is 25.7 Å². The Morgan fingerprint density at radius 2 is 1.83 bits per heavy atom. The molecule has 3 aliphatic rings. The van der Waals surface area contributed by atoms with E-state index in [1.807, 2.05) is 6.92 Å². The zero-order valence-corrected chi connectivity index (χ0v) is 15.5. The molecule has 5 heteroatoms. The minimum Gasteiger partial charge on any atom is -0.382 e. The van der Waals surface area contributed by atoms with Crippen LogP contribution in [0.15, 0.2) is 0 Å². The number of methoxy groups -OCH3 is 1. The normalized spacial score (nSPS) is 28.1. The average Bonchev–Trinajstić information content (AvgIpc) is 2.64. The van der Waals surface area contributed by atoms with Crippen LogP contribution < -0.4 is 0 Å². The smallest absolute Gasteiger partial charge is 0.222 e. The second-order valence-electron chi connectivity index (χ2n) is 7.63. The van der Waals surface area contributed by atoms with Crippen molar-refractivity contribution in [1.29, 1.82) is 0 Å². The third-order valence-corrected chi connectivity index (χ3v) is 6.42. The van der Waals surface area contributed by atoms with Crippen molar-refractivity contribution in [2.45, 2.75) is 76.0 Å². The minimum absolute atomic E-state index is 0.271. The van der Waals surface area contributed by atoms with Gasteiger partial charge in [0.25, 0.3) is 0 Å². The molecule has 138 valence electrons. The summed E-state index contributed by atoms with van der Waals surface area (Å²) in [4.78, 5) is 16.7. The first-order valence-corrected chi connectivity index (χ1v) is 9.86. The van der Waals surface area contributed by atoms with Crippen LogP contribution >= 0.6 is 0 Å². The Morgan fingerprint density at radius 1 is 1.12 bits per heavy atom. The van der Waals surface area contributed by atoms with E-state index in [4.69, 9.17) is 9.47 Å². The summed E-state index contributed by atoms with van der Waals surface area (Å²) in [6.07, 6.45) is 9.83. The van der Waals surface area contributed by atoms with Gasteiger partial charge in [-0.1, -0.05) is 26.2 Å². The molecule has 1 saturated carbocycles. The lowest BCUT2D eigenvalue weighted by Crippen LogP contribution is -2.75. The van der Waals surface area contributed by atoms with Gasteiger partial charge in [0.2, 0.25) is 5.91 Å². The van der Waals surface area contributed by atoms with Gasteiger partial charge in [-0.25, -0.2) is 0 Å². The Morgan fingerprint density at radius 3 is 2.46 bits per heavy atom. The van der Waals surface area contributed by atoms with Gasteiger partial charge in [0.1, 0.15) is 0 Å². The molecule has 2 aliphatic heterocycles. The van der Waals surface area contributed by atoms with Gasteiger partial charge < -0.3 is 14.4 Å². The molecule has 2 heterocycles. The summed E-state index contributed by atoms with van der Waals surface area (Å²) in [6.45, 7) is 6.28. The summed E-state index contributed by atoms with van der Waals surface area (Å²) in [5, 5.41) is 0. The summed E-state index contributed by atoms with van der Waals surface area (Å²) in [5.41, 5.74) is 0.271. The van der Waals surface area contributed by atoms with Gasteiger partial charge in [-0.15, -0.1) is 0 Å². The molecule has 2 saturated heterocycles. The molecule has 0 bridgehead atoms. The van der Waals surface area contributed by atoms with E-state index in [1.54, 1.807) is 7.11 Å². The molecule has 3 rings (SSSR count). The molecule has 0 aromatic heterocycles. The fourth-order valence-electron chi connectivity index (χ4n) is 5.02. The van der Waals surface area contributed by atoms with Gasteiger partial charge >= 0.3 is 0 Å². The predicted molar refractivity (Wildman–Crippen MR) is 94.0 cm³/mol. The van der Waals surface area contributed by atoms with Crippen molar-refractivity contribution in [1.82, 2.24) is 9.80 Å². The first kappa shape index (κ1) is 18.2. The molecule has 0 N–H and O–H groups in total. The second-order valence-corrected chi connectivity index (χ2v) is 7.63. The highest BCUT2D eigenvalue weighted by Crippen LogP contribution is 2.47. The lowest BCUT2D eigenvalue weighted by molar-refractivity contribution is -0.204. The topological polar surface area (TPSA) is 42.0 Å². The number of rotatable bonds is 6. The molecule has 0 aromatic rings. The summed E-state index contributed by atoms with van der Waals surface area (Å²) < 4.78 is 11.3. The van der Waals surface area contributed by atoms with Crippen LogP contribution in [-0.4, -0.2) is 73.3 Å². The molecule has 5 nitrogen and oxygen atoms in total. The number of carbonyl (C=O) groups excluding carboxylic acids is 1. The maximum atomic E-state index is 11.9. The monoisotopic (exact) mass is 338 g/mol. The van der Waals surface area contributed by atoms with Crippen molar-refractivity contribution < 1.29 is 14.3 Å². The highest BCUT2D eigenvalue weighted by atomic mass is 16.5. The van der Waals surface area contributed by atoms with Gasteiger partial charge in [0.15, 0.2) is 0 Å². The van der Waals surface area contributed by atoms with Crippen LogP contribution in [0.5, 0.6) is 0 Å². The van der Waals surface area contributed by atoms with Gasteiger partial charge in [-0.3, -0.25) is 9.69 Å². The lowest BCUT2D eigenvalue weighted by atomic mass is 9.69. The standard InChI is InChI=1S/C19H34N2O3/c1-3-18(22)20-11-7-16(8-12-20)21-15-17(24-14-13-23-2)19(21)9-5-4-6-10-19/h16-17H,3-15H2,1-2H3. The Hall–Kier alpha value is -0.650. The molecule has 1 amide bonds. The summed E-state index contributed by atoms with van der Waals surface area (Å²) in [6, 6.07) is 0.631. The molecule has 3 fully saturated rings. The summed E-state index contributed by atoms with van der Waals surface area (Å²) in [7, 11) is 1.73. The molecule has 1 unspecified atom stereocenters. The van der Waals surface area contributed by atoms with Crippen LogP contribution in [-0.2, 0) is 14.3 Å². The first-order valence-electron chi connectivity index (χ1n) is 9.86. The summed E-state index contributed by atoms with van der Waals surface area (Å²) >= 11 is 0. The van der Waals surface area contributed by atoms with E-state index in [2.05, 4.69) is 9.80 Å². The van der Waals surface area contributed by atoms with Crippen molar-refractivity contribution >= 4 is 5.91 Å². The highest BCUT2D eigenvalue weighted by molar-refractivity contribution is 5.75. The van der Waals surface area contributed by atoms with E-state index in [0.29, 0.717) is 37.7 Å². The Labute approximate surface area is 146 Å². The number of likely N-dealkylation sites (tertiary alicyclic amines) is 2. The van der Waals surface area contributed by atoms with Crippen molar-refractivity contribution in [3.05, 3.63) is 0 Å². The average molecular weight is 338 g/mol. The van der Waals surface area contributed by atoms with Gasteiger partial charge in [0, 0.05) is 44.7 Å². The maximum Gasteiger partial charge on any atom is 0.222 e. The van der Waals surface area contributed by atoms with E-state index in [1.165, 1.54) is 32.1 Å². The van der Waals surface area contributed by atoms with Gasteiger partial charge in [0.05, 0.1) is 19.3 Å². The highest BCUT2D eigenvalue weighted by Gasteiger charge is 2.56. The number of carbonyl (C=O) groups is 1. The zero-order chi connectivity index (χ0) is 17.0. The largest absolute Gasteiger partial charge is 0.382 e. The number of amides is 1. The second kappa shape index (κ2) is 8.15. The van der Waals surface area contributed by atoms with E-state index in [-0.39, 0.29) is 5.54 Å². The van der Waals surface area contributed by atoms with Crippen molar-refractivity contribution in [2.24, 2.45) is 0 Å². The fourth-order valence-corrected chi connectivity index (χ4v) is 5.02. The number of hydrogen-bond donors (Lipinski definition) is 0. The third-order valence-electron chi connectivity index (χ3n) is 6.42. The molecule has 0 aromatic carbocycles. The molecule has 1 spiro atoms. The van der Waals surface area contributed by atoms with Crippen molar-refractivity contribution in [2.75, 3.05) is 40.0 Å². The number of ether oxygens (including phenoxy) is 2. The molecular weight excluding hydrogens is 304 g/mol. The third kappa shape index (κ3) is 3.49. The number of hydrogen-bond acceptors (Lipinski definition) is 4. The lowest BCUT2D eigenvalue weighted by Gasteiger charge is -2.63. The zero-order valence-electron chi connectivity index (χ0n) is 15.5. The van der Waals surface area contributed by atoms with E-state index >= 15 is 0 Å². The molecule has 1 atom stereocenters.